The lowest BCUT2D eigenvalue weighted by atomic mass is 9.64. The van der Waals surface area contributed by atoms with Gasteiger partial charge in [0.15, 0.2) is 0 Å². The predicted octanol–water partition coefficient (Wildman–Crippen LogP) is 8.07. The van der Waals surface area contributed by atoms with E-state index in [-0.39, 0.29) is 5.92 Å². The minimum Gasteiger partial charge on any atom is -0.299 e. The van der Waals surface area contributed by atoms with E-state index in [1.54, 1.807) is 11.1 Å². The molecule has 3 aliphatic carbocycles. The molecule has 1 nitrogen and oxygen atoms in total. The molecule has 162 valence electrons. The Labute approximate surface area is 180 Å². The van der Waals surface area contributed by atoms with Crippen LogP contribution in [0.1, 0.15) is 98.3 Å². The summed E-state index contributed by atoms with van der Waals surface area (Å²) in [5, 5.41) is 0. The third-order valence-electron chi connectivity index (χ3n) is 8.39. The SMILES string of the molecule is CCCC(=O)C(C)C(C)CC1=C(C)C(C2C=CCCC2)CC(C2CC=CCC2)C1. The van der Waals surface area contributed by atoms with E-state index >= 15 is 0 Å². The first kappa shape index (κ1) is 22.6. The Morgan fingerprint density at radius 1 is 1.10 bits per heavy atom. The molecule has 0 radical (unpaired) electrons. The highest BCUT2D eigenvalue weighted by molar-refractivity contribution is 5.80. The Bertz CT molecular complexity index is 637. The molecule has 0 amide bonds. The van der Waals surface area contributed by atoms with Gasteiger partial charge < -0.3 is 0 Å². The summed E-state index contributed by atoms with van der Waals surface area (Å²) in [5.41, 5.74) is 3.40. The largest absolute Gasteiger partial charge is 0.299 e. The zero-order chi connectivity index (χ0) is 20.8. The molecule has 6 unspecified atom stereocenters. The molecule has 29 heavy (non-hydrogen) atoms. The van der Waals surface area contributed by atoms with Crippen molar-refractivity contribution in [3.8, 4) is 0 Å². The number of allylic oxidation sites excluding steroid dienone is 6. The van der Waals surface area contributed by atoms with Crippen molar-refractivity contribution in [3.05, 3.63) is 35.5 Å². The molecule has 0 N–H and O–H groups in total. The molecular formula is C28H44O. The van der Waals surface area contributed by atoms with Crippen molar-refractivity contribution in [1.29, 1.82) is 0 Å². The van der Waals surface area contributed by atoms with Crippen LogP contribution >= 0.6 is 0 Å². The molecule has 0 saturated carbocycles. The molecule has 1 heteroatoms. The van der Waals surface area contributed by atoms with Gasteiger partial charge in [0, 0.05) is 12.3 Å². The Balaban J connectivity index is 1.78. The van der Waals surface area contributed by atoms with E-state index < -0.39 is 0 Å². The third kappa shape index (κ3) is 5.74. The number of hydrogen-bond donors (Lipinski definition) is 0. The van der Waals surface area contributed by atoms with Crippen molar-refractivity contribution in [3.63, 3.8) is 0 Å². The second-order valence-corrected chi connectivity index (χ2v) is 10.3. The van der Waals surface area contributed by atoms with Crippen molar-refractivity contribution >= 4 is 5.78 Å². The second kappa shape index (κ2) is 10.8. The van der Waals surface area contributed by atoms with E-state index in [0.717, 1.165) is 42.9 Å². The van der Waals surface area contributed by atoms with Gasteiger partial charge in [0.25, 0.3) is 0 Å². The number of hydrogen-bond acceptors (Lipinski definition) is 1. The molecule has 3 aliphatic rings. The summed E-state index contributed by atoms with van der Waals surface area (Å²) in [7, 11) is 0. The lowest BCUT2D eigenvalue weighted by Crippen LogP contribution is -2.30. The number of carbonyl (C=O) groups is 1. The third-order valence-corrected chi connectivity index (χ3v) is 8.39. The first-order valence-corrected chi connectivity index (χ1v) is 12.5. The van der Waals surface area contributed by atoms with E-state index in [2.05, 4.69) is 52.0 Å². The second-order valence-electron chi connectivity index (χ2n) is 10.3. The maximum Gasteiger partial charge on any atom is 0.135 e. The van der Waals surface area contributed by atoms with Gasteiger partial charge in [0.1, 0.15) is 5.78 Å². The molecule has 0 aromatic rings. The normalized spacial score (nSPS) is 32.3. The van der Waals surface area contributed by atoms with Crippen LogP contribution in [0.3, 0.4) is 0 Å². The highest BCUT2D eigenvalue weighted by Gasteiger charge is 2.35. The van der Waals surface area contributed by atoms with Gasteiger partial charge in [0.2, 0.25) is 0 Å². The van der Waals surface area contributed by atoms with Crippen molar-refractivity contribution in [2.45, 2.75) is 98.3 Å². The molecule has 0 aromatic carbocycles. The van der Waals surface area contributed by atoms with Crippen molar-refractivity contribution in [2.24, 2.45) is 35.5 Å². The van der Waals surface area contributed by atoms with Crippen LogP contribution in [0.2, 0.25) is 0 Å². The molecule has 0 aromatic heterocycles. The van der Waals surface area contributed by atoms with Crippen LogP contribution in [0.4, 0.5) is 0 Å². The Morgan fingerprint density at radius 2 is 1.93 bits per heavy atom. The van der Waals surface area contributed by atoms with Crippen molar-refractivity contribution < 1.29 is 4.79 Å². The average molecular weight is 397 g/mol. The van der Waals surface area contributed by atoms with Crippen molar-refractivity contribution in [2.75, 3.05) is 0 Å². The smallest absolute Gasteiger partial charge is 0.135 e. The van der Waals surface area contributed by atoms with Gasteiger partial charge in [0.05, 0.1) is 0 Å². The van der Waals surface area contributed by atoms with Crippen molar-refractivity contribution in [1.82, 2.24) is 0 Å². The fraction of sp³-hybridized carbons (Fsp3) is 0.750. The highest BCUT2D eigenvalue weighted by Crippen LogP contribution is 2.47. The van der Waals surface area contributed by atoms with E-state index in [1.165, 1.54) is 51.4 Å². The minimum atomic E-state index is 0.196. The van der Waals surface area contributed by atoms with Crippen LogP contribution < -0.4 is 0 Å². The summed E-state index contributed by atoms with van der Waals surface area (Å²) in [6.07, 6.45) is 23.2. The number of carbonyl (C=O) groups excluding carboxylic acids is 1. The van der Waals surface area contributed by atoms with E-state index in [4.69, 9.17) is 0 Å². The van der Waals surface area contributed by atoms with Crippen LogP contribution in [0, 0.1) is 35.5 Å². The molecule has 3 rings (SSSR count). The van der Waals surface area contributed by atoms with E-state index in [9.17, 15) is 4.79 Å². The molecule has 0 spiro atoms. The Kier molecular flexibility index (Phi) is 8.39. The Morgan fingerprint density at radius 3 is 2.59 bits per heavy atom. The van der Waals surface area contributed by atoms with Gasteiger partial charge in [-0.15, -0.1) is 0 Å². The first-order valence-electron chi connectivity index (χ1n) is 12.5. The summed E-state index contributed by atoms with van der Waals surface area (Å²) >= 11 is 0. The molecule has 0 saturated heterocycles. The lowest BCUT2D eigenvalue weighted by molar-refractivity contribution is -0.123. The van der Waals surface area contributed by atoms with E-state index in [1.807, 2.05) is 0 Å². The predicted molar refractivity (Wildman–Crippen MR) is 125 cm³/mol. The number of Topliss-reactive ketones (excluding diaryl/α,β-unsaturated/α-hetero) is 1. The van der Waals surface area contributed by atoms with Gasteiger partial charge in [-0.2, -0.15) is 0 Å². The topological polar surface area (TPSA) is 17.1 Å². The van der Waals surface area contributed by atoms with Crippen LogP contribution in [-0.4, -0.2) is 5.78 Å². The fourth-order valence-electron chi connectivity index (χ4n) is 6.20. The zero-order valence-corrected chi connectivity index (χ0v) is 19.5. The minimum absolute atomic E-state index is 0.196. The fourth-order valence-corrected chi connectivity index (χ4v) is 6.20. The van der Waals surface area contributed by atoms with Crippen LogP contribution in [-0.2, 0) is 4.79 Å². The quantitative estimate of drug-likeness (QED) is 0.379. The summed E-state index contributed by atoms with van der Waals surface area (Å²) in [6, 6.07) is 0. The summed E-state index contributed by atoms with van der Waals surface area (Å²) in [5.74, 6) is 4.32. The standard InChI is InChI=1S/C28H44O/c1-5-12-28(29)21(3)20(2)17-25-18-26(23-13-8-6-9-14-23)19-27(22(25)4)24-15-10-7-11-16-24/h6,8,10,15,20-21,23-24,26-27H,5,7,9,11-14,16-19H2,1-4H3. The van der Waals surface area contributed by atoms with Gasteiger partial charge in [-0.25, -0.2) is 0 Å². The monoisotopic (exact) mass is 396 g/mol. The van der Waals surface area contributed by atoms with Gasteiger partial charge in [-0.05, 0) is 101 Å². The summed E-state index contributed by atoms with van der Waals surface area (Å²) in [6.45, 7) is 9.05. The number of rotatable bonds is 8. The van der Waals surface area contributed by atoms with E-state index in [0.29, 0.717) is 11.7 Å². The molecule has 0 bridgehead atoms. The Hall–Kier alpha value is -1.11. The lowest BCUT2D eigenvalue weighted by Gasteiger charge is -2.41. The highest BCUT2D eigenvalue weighted by atomic mass is 16.1. The summed E-state index contributed by atoms with van der Waals surface area (Å²) < 4.78 is 0. The van der Waals surface area contributed by atoms with Crippen LogP contribution in [0.25, 0.3) is 0 Å². The van der Waals surface area contributed by atoms with Gasteiger partial charge >= 0.3 is 0 Å². The molecule has 0 heterocycles. The van der Waals surface area contributed by atoms with Crippen LogP contribution in [0.5, 0.6) is 0 Å². The zero-order valence-electron chi connectivity index (χ0n) is 19.5. The average Bonchev–Trinajstić information content (AvgIpc) is 2.76. The van der Waals surface area contributed by atoms with Crippen LogP contribution in [0.15, 0.2) is 35.5 Å². The molecule has 6 atom stereocenters. The first-order chi connectivity index (χ1) is 14.0. The maximum absolute atomic E-state index is 12.5. The van der Waals surface area contributed by atoms with Gasteiger partial charge in [-0.3, -0.25) is 4.79 Å². The number of ketones is 1. The maximum atomic E-state index is 12.5. The summed E-state index contributed by atoms with van der Waals surface area (Å²) in [4.78, 5) is 12.5. The molecule has 0 fully saturated rings. The van der Waals surface area contributed by atoms with Gasteiger partial charge in [-0.1, -0.05) is 56.2 Å². The molecular weight excluding hydrogens is 352 g/mol. The molecule has 0 aliphatic heterocycles.